The van der Waals surface area contributed by atoms with Crippen LogP contribution in [0.25, 0.3) is 0 Å². The first kappa shape index (κ1) is 16.7. The largest absolute Gasteiger partial charge is 0.381 e. The van der Waals surface area contributed by atoms with Crippen LogP contribution in [0.2, 0.25) is 0 Å². The molecule has 3 rings (SSSR count). The van der Waals surface area contributed by atoms with Gasteiger partial charge in [0.15, 0.2) is 0 Å². The molecule has 4 heteroatoms. The Morgan fingerprint density at radius 3 is 2.58 bits per heavy atom. The van der Waals surface area contributed by atoms with Crippen molar-refractivity contribution in [2.45, 2.75) is 31.8 Å². The van der Waals surface area contributed by atoms with Gasteiger partial charge in [-0.1, -0.05) is 30.3 Å². The molecule has 1 amide bonds. The van der Waals surface area contributed by atoms with E-state index in [9.17, 15) is 4.79 Å². The Labute approximate surface area is 143 Å². The maximum atomic E-state index is 12.3. The molecule has 24 heavy (non-hydrogen) atoms. The van der Waals surface area contributed by atoms with Crippen molar-refractivity contribution in [3.63, 3.8) is 0 Å². The lowest BCUT2D eigenvalue weighted by atomic mass is 10.0. The second kappa shape index (κ2) is 8.08. The van der Waals surface area contributed by atoms with E-state index in [4.69, 9.17) is 4.74 Å². The number of carbonyl (C=O) groups excluding carboxylic acids is 1. The third-order valence-corrected chi connectivity index (χ3v) is 4.39. The van der Waals surface area contributed by atoms with E-state index in [2.05, 4.69) is 23.6 Å². The molecule has 1 heterocycles. The lowest BCUT2D eigenvalue weighted by molar-refractivity contribution is 0.0754. The Balaban J connectivity index is 1.64. The number of nitrogens with one attached hydrogen (secondary N) is 2. The third kappa shape index (κ3) is 4.43. The molecule has 0 aromatic heterocycles. The monoisotopic (exact) mass is 324 g/mol. The van der Waals surface area contributed by atoms with Gasteiger partial charge in [0.2, 0.25) is 0 Å². The highest BCUT2D eigenvalue weighted by atomic mass is 16.5. The Kier molecular flexibility index (Phi) is 5.62. The van der Waals surface area contributed by atoms with E-state index in [1.54, 1.807) is 0 Å². The zero-order valence-corrected chi connectivity index (χ0v) is 14.0. The number of carbonyl (C=O) groups is 1. The van der Waals surface area contributed by atoms with Crippen LogP contribution < -0.4 is 10.6 Å². The van der Waals surface area contributed by atoms with Gasteiger partial charge in [-0.2, -0.15) is 0 Å². The van der Waals surface area contributed by atoms with Gasteiger partial charge in [-0.3, -0.25) is 4.79 Å². The smallest absolute Gasteiger partial charge is 0.255 e. The molecule has 1 aliphatic heterocycles. The fourth-order valence-electron chi connectivity index (χ4n) is 2.99. The van der Waals surface area contributed by atoms with Crippen molar-refractivity contribution in [2.75, 3.05) is 18.5 Å². The lowest BCUT2D eigenvalue weighted by Crippen LogP contribution is -2.36. The maximum Gasteiger partial charge on any atom is 0.255 e. The zero-order chi connectivity index (χ0) is 16.8. The molecular formula is C20H24N2O2. The molecular weight excluding hydrogens is 300 g/mol. The summed E-state index contributed by atoms with van der Waals surface area (Å²) in [5, 5.41) is 6.63. The number of amides is 1. The van der Waals surface area contributed by atoms with Crippen LogP contribution in [0.1, 0.15) is 41.7 Å². The Bertz CT molecular complexity index is 666. The first-order chi connectivity index (χ1) is 11.7. The summed E-state index contributed by atoms with van der Waals surface area (Å²) < 4.78 is 5.40. The molecule has 0 spiro atoms. The standard InChI is InChI=1S/C20H24N2O2/c1-15(21-18-10-12-24-13-11-18)17-8-5-9-19(14-17)22-20(23)16-6-3-2-4-7-16/h2-9,14-15,18,21H,10-13H2,1H3,(H,22,23). The van der Waals surface area contributed by atoms with Crippen LogP contribution in [0.4, 0.5) is 5.69 Å². The van der Waals surface area contributed by atoms with Gasteiger partial charge >= 0.3 is 0 Å². The van der Waals surface area contributed by atoms with Gasteiger partial charge in [-0.25, -0.2) is 0 Å². The zero-order valence-electron chi connectivity index (χ0n) is 14.0. The van der Waals surface area contributed by atoms with E-state index in [1.165, 1.54) is 5.56 Å². The van der Waals surface area contributed by atoms with E-state index in [0.717, 1.165) is 31.7 Å². The minimum Gasteiger partial charge on any atom is -0.381 e. The molecule has 1 unspecified atom stereocenters. The Hall–Kier alpha value is -2.17. The van der Waals surface area contributed by atoms with E-state index < -0.39 is 0 Å². The minimum atomic E-state index is -0.0854. The van der Waals surface area contributed by atoms with Crippen molar-refractivity contribution >= 4 is 11.6 Å². The van der Waals surface area contributed by atoms with Crippen molar-refractivity contribution in [3.05, 3.63) is 65.7 Å². The fraction of sp³-hybridized carbons (Fsp3) is 0.350. The summed E-state index contributed by atoms with van der Waals surface area (Å²) in [6, 6.07) is 18.0. The first-order valence-corrected chi connectivity index (χ1v) is 8.52. The number of rotatable bonds is 5. The van der Waals surface area contributed by atoms with Gasteiger partial charge in [-0.15, -0.1) is 0 Å². The average Bonchev–Trinajstić information content (AvgIpc) is 2.63. The fourth-order valence-corrected chi connectivity index (χ4v) is 2.99. The van der Waals surface area contributed by atoms with Gasteiger partial charge in [0, 0.05) is 36.5 Å². The lowest BCUT2D eigenvalue weighted by Gasteiger charge is -2.27. The van der Waals surface area contributed by atoms with Crippen LogP contribution in [-0.2, 0) is 4.74 Å². The summed E-state index contributed by atoms with van der Waals surface area (Å²) in [7, 11) is 0. The van der Waals surface area contributed by atoms with Crippen LogP contribution >= 0.6 is 0 Å². The van der Waals surface area contributed by atoms with Gasteiger partial charge in [0.25, 0.3) is 5.91 Å². The molecule has 2 aromatic carbocycles. The normalized spacial score (nSPS) is 16.5. The highest BCUT2D eigenvalue weighted by Crippen LogP contribution is 2.20. The van der Waals surface area contributed by atoms with Crippen LogP contribution in [-0.4, -0.2) is 25.2 Å². The number of benzene rings is 2. The Morgan fingerprint density at radius 1 is 1.08 bits per heavy atom. The highest BCUT2D eigenvalue weighted by molar-refractivity contribution is 6.04. The van der Waals surface area contributed by atoms with Crippen molar-refractivity contribution in [3.8, 4) is 0 Å². The number of hydrogen-bond acceptors (Lipinski definition) is 3. The summed E-state index contributed by atoms with van der Waals surface area (Å²) in [6.07, 6.45) is 2.10. The van der Waals surface area contributed by atoms with Crippen LogP contribution in [0, 0.1) is 0 Å². The van der Waals surface area contributed by atoms with E-state index >= 15 is 0 Å². The molecule has 1 saturated heterocycles. The highest BCUT2D eigenvalue weighted by Gasteiger charge is 2.17. The predicted octanol–water partition coefficient (Wildman–Crippen LogP) is 3.77. The molecule has 0 aliphatic carbocycles. The van der Waals surface area contributed by atoms with Crippen molar-refractivity contribution in [2.24, 2.45) is 0 Å². The van der Waals surface area contributed by atoms with Gasteiger partial charge in [0.1, 0.15) is 0 Å². The average molecular weight is 324 g/mol. The summed E-state index contributed by atoms with van der Waals surface area (Å²) in [6.45, 7) is 3.82. The molecule has 0 radical (unpaired) electrons. The van der Waals surface area contributed by atoms with Crippen LogP contribution in [0.15, 0.2) is 54.6 Å². The van der Waals surface area contributed by atoms with E-state index in [0.29, 0.717) is 11.6 Å². The quantitative estimate of drug-likeness (QED) is 0.880. The molecule has 4 nitrogen and oxygen atoms in total. The minimum absolute atomic E-state index is 0.0854. The molecule has 2 aromatic rings. The Morgan fingerprint density at radius 2 is 1.83 bits per heavy atom. The number of ether oxygens (including phenoxy) is 1. The molecule has 0 saturated carbocycles. The number of hydrogen-bond donors (Lipinski definition) is 2. The maximum absolute atomic E-state index is 12.3. The van der Waals surface area contributed by atoms with Crippen LogP contribution in [0.5, 0.6) is 0 Å². The van der Waals surface area contributed by atoms with E-state index in [1.807, 2.05) is 48.5 Å². The van der Waals surface area contributed by atoms with Gasteiger partial charge in [-0.05, 0) is 49.6 Å². The molecule has 2 N–H and O–H groups in total. The van der Waals surface area contributed by atoms with Crippen molar-refractivity contribution in [1.82, 2.24) is 5.32 Å². The first-order valence-electron chi connectivity index (χ1n) is 8.52. The molecule has 1 aliphatic rings. The third-order valence-electron chi connectivity index (χ3n) is 4.39. The topological polar surface area (TPSA) is 50.4 Å². The SMILES string of the molecule is CC(NC1CCOCC1)c1cccc(NC(=O)c2ccccc2)c1. The predicted molar refractivity (Wildman–Crippen MR) is 96.2 cm³/mol. The van der Waals surface area contributed by atoms with Crippen molar-refractivity contribution in [1.29, 1.82) is 0 Å². The van der Waals surface area contributed by atoms with Crippen LogP contribution in [0.3, 0.4) is 0 Å². The molecule has 0 bridgehead atoms. The summed E-state index contributed by atoms with van der Waals surface area (Å²) in [5.74, 6) is -0.0854. The van der Waals surface area contributed by atoms with Gasteiger partial charge < -0.3 is 15.4 Å². The molecule has 1 atom stereocenters. The second-order valence-electron chi connectivity index (χ2n) is 6.22. The summed E-state index contributed by atoms with van der Waals surface area (Å²) >= 11 is 0. The summed E-state index contributed by atoms with van der Waals surface area (Å²) in [4.78, 5) is 12.3. The molecule has 1 fully saturated rings. The summed E-state index contributed by atoms with van der Waals surface area (Å²) in [5.41, 5.74) is 2.66. The van der Waals surface area contributed by atoms with Gasteiger partial charge in [0.05, 0.1) is 0 Å². The van der Waals surface area contributed by atoms with Crippen molar-refractivity contribution < 1.29 is 9.53 Å². The van der Waals surface area contributed by atoms with E-state index in [-0.39, 0.29) is 11.9 Å². The number of anilines is 1. The molecule has 126 valence electrons. The second-order valence-corrected chi connectivity index (χ2v) is 6.22.